The molecule has 68 valence electrons. The van der Waals surface area contributed by atoms with E-state index in [1.54, 1.807) is 0 Å². The molecule has 12 heavy (non-hydrogen) atoms. The molecule has 1 aromatic rings. The van der Waals surface area contributed by atoms with Crippen LogP contribution < -0.4 is 0 Å². The number of thiophene rings is 1. The molecule has 0 fully saturated rings. The molecule has 0 aliphatic heterocycles. The average Bonchev–Trinajstić information content (AvgIpc) is 2.35. The number of halogens is 3. The zero-order valence-electron chi connectivity index (χ0n) is 5.50. The van der Waals surface area contributed by atoms with Gasteiger partial charge in [0.25, 0.3) is 0 Å². The summed E-state index contributed by atoms with van der Waals surface area (Å²) in [5.74, 6) is -3.38. The quantitative estimate of drug-likeness (QED) is 0.785. The lowest BCUT2D eigenvalue weighted by Crippen LogP contribution is -2.09. The van der Waals surface area contributed by atoms with E-state index in [9.17, 15) is 17.2 Å². The molecule has 0 unspecified atom stereocenters. The van der Waals surface area contributed by atoms with E-state index >= 15 is 0 Å². The van der Waals surface area contributed by atoms with Crippen molar-refractivity contribution in [2.75, 3.05) is 0 Å². The van der Waals surface area contributed by atoms with Gasteiger partial charge in [-0.3, -0.25) is 0 Å². The van der Waals surface area contributed by atoms with Gasteiger partial charge in [0, 0.05) is 0 Å². The molecule has 1 aromatic heterocycles. The molecule has 0 aliphatic carbocycles. The second-order valence-electron chi connectivity index (χ2n) is 1.86. The molecule has 0 saturated carbocycles. The summed E-state index contributed by atoms with van der Waals surface area (Å²) in [5.41, 5.74) is 0. The Morgan fingerprint density at radius 3 is 2.33 bits per heavy atom. The van der Waals surface area contributed by atoms with E-state index in [-0.39, 0.29) is 4.34 Å². The molecular weight excluding hydrogens is 230 g/mol. The fourth-order valence-electron chi connectivity index (χ4n) is 0.538. The molecule has 7 heteroatoms. The third-order valence-corrected chi connectivity index (χ3v) is 4.20. The van der Waals surface area contributed by atoms with Crippen LogP contribution in [0.3, 0.4) is 0 Å². The molecule has 1 rings (SSSR count). The number of rotatable bonds is 2. The zero-order chi connectivity index (χ0) is 9.35. The van der Waals surface area contributed by atoms with Crippen molar-refractivity contribution in [2.45, 2.75) is 9.97 Å². The summed E-state index contributed by atoms with van der Waals surface area (Å²) in [7, 11) is -4.46. The Morgan fingerprint density at radius 2 is 2.00 bits per heavy atom. The van der Waals surface area contributed by atoms with Crippen LogP contribution in [-0.4, -0.2) is 14.2 Å². The molecule has 0 bridgehead atoms. The van der Waals surface area contributed by atoms with Crippen molar-refractivity contribution in [2.24, 2.45) is 0 Å². The van der Waals surface area contributed by atoms with Crippen LogP contribution in [0, 0.1) is 0 Å². The van der Waals surface area contributed by atoms with Crippen LogP contribution in [0.1, 0.15) is 0 Å². The molecule has 0 N–H and O–H groups in total. The van der Waals surface area contributed by atoms with Gasteiger partial charge in [0.2, 0.25) is 9.84 Å². The van der Waals surface area contributed by atoms with Crippen molar-refractivity contribution in [1.82, 2.24) is 0 Å². The first-order valence-electron chi connectivity index (χ1n) is 2.72. The second kappa shape index (κ2) is 3.27. The van der Waals surface area contributed by atoms with Gasteiger partial charge in [-0.25, -0.2) is 8.42 Å². The van der Waals surface area contributed by atoms with E-state index in [0.29, 0.717) is 11.3 Å². The van der Waals surface area contributed by atoms with Gasteiger partial charge >= 0.3 is 5.76 Å². The first-order chi connectivity index (χ1) is 5.44. The molecule has 0 aromatic carbocycles. The third-order valence-electron chi connectivity index (χ3n) is 1.06. The third kappa shape index (κ3) is 1.75. The highest BCUT2D eigenvalue weighted by Crippen LogP contribution is 2.28. The van der Waals surface area contributed by atoms with Gasteiger partial charge in [0.05, 0.1) is 4.34 Å². The van der Waals surface area contributed by atoms with Crippen molar-refractivity contribution in [1.29, 1.82) is 0 Å². The van der Waals surface area contributed by atoms with Crippen molar-refractivity contribution in [3.05, 3.63) is 16.5 Å². The van der Waals surface area contributed by atoms with Crippen molar-refractivity contribution < 1.29 is 17.2 Å². The molecule has 0 atom stereocenters. The first kappa shape index (κ1) is 9.88. The monoisotopic (exact) mass is 232 g/mol. The van der Waals surface area contributed by atoms with Gasteiger partial charge in [-0.2, -0.15) is 8.78 Å². The summed E-state index contributed by atoms with van der Waals surface area (Å²) in [4.78, 5) is 0. The zero-order valence-corrected chi connectivity index (χ0v) is 7.89. The number of alkyl halides is 2. The number of hydrogen-bond acceptors (Lipinski definition) is 3. The van der Waals surface area contributed by atoms with E-state index in [1.807, 2.05) is 0 Å². The predicted octanol–water partition coefficient (Wildman–Crippen LogP) is 2.40. The fourth-order valence-corrected chi connectivity index (χ4v) is 2.84. The molecule has 0 spiro atoms. The fraction of sp³-hybridized carbons (Fsp3) is 0.200. The first-order valence-corrected chi connectivity index (χ1v) is 5.46. The molecule has 1 heterocycles. The van der Waals surface area contributed by atoms with Gasteiger partial charge in [0.15, 0.2) is 0 Å². The Balaban J connectivity index is 3.15. The second-order valence-corrected chi connectivity index (χ2v) is 5.72. The van der Waals surface area contributed by atoms with Crippen LogP contribution in [0.5, 0.6) is 0 Å². The lowest BCUT2D eigenvalue weighted by molar-refractivity contribution is 0.235. The lowest BCUT2D eigenvalue weighted by Gasteiger charge is -1.96. The van der Waals surface area contributed by atoms with E-state index < -0.39 is 19.8 Å². The Hall–Kier alpha value is -0.200. The van der Waals surface area contributed by atoms with Crippen LogP contribution in [0.2, 0.25) is 4.34 Å². The highest BCUT2D eigenvalue weighted by atomic mass is 35.5. The standard InChI is InChI=1S/C5H3ClF2O2S2/c6-3-1-2-4(11-3)12(9,10)5(7)8/h1-2,5H. The molecule has 2 nitrogen and oxygen atoms in total. The van der Waals surface area contributed by atoms with Crippen LogP contribution >= 0.6 is 22.9 Å². The van der Waals surface area contributed by atoms with Crippen LogP contribution in [0.25, 0.3) is 0 Å². The van der Waals surface area contributed by atoms with E-state index in [0.717, 1.165) is 6.07 Å². The highest BCUT2D eigenvalue weighted by molar-refractivity contribution is 7.93. The maximum absolute atomic E-state index is 11.9. The van der Waals surface area contributed by atoms with Gasteiger partial charge < -0.3 is 0 Å². The number of hydrogen-bond donors (Lipinski definition) is 0. The molecular formula is C5H3ClF2O2S2. The minimum absolute atomic E-state index is 0.175. The van der Waals surface area contributed by atoms with Crippen molar-refractivity contribution in [3.63, 3.8) is 0 Å². The summed E-state index contributed by atoms with van der Waals surface area (Å²) in [6.45, 7) is 0. The molecule has 0 saturated heterocycles. The highest BCUT2D eigenvalue weighted by Gasteiger charge is 2.27. The maximum atomic E-state index is 11.9. The van der Waals surface area contributed by atoms with Crippen molar-refractivity contribution in [3.8, 4) is 0 Å². The largest absolute Gasteiger partial charge is 0.341 e. The van der Waals surface area contributed by atoms with Crippen LogP contribution in [-0.2, 0) is 9.84 Å². The summed E-state index contributed by atoms with van der Waals surface area (Å²) < 4.78 is 45.0. The Kier molecular flexibility index (Phi) is 2.70. The summed E-state index contributed by atoms with van der Waals surface area (Å²) in [6.07, 6.45) is 0. The van der Waals surface area contributed by atoms with Crippen molar-refractivity contribution >= 4 is 32.8 Å². The average molecular weight is 233 g/mol. The van der Waals surface area contributed by atoms with Gasteiger partial charge in [-0.05, 0) is 12.1 Å². The minimum atomic E-state index is -4.46. The molecule has 0 radical (unpaired) electrons. The molecule has 0 aliphatic rings. The minimum Gasteiger partial charge on any atom is -0.217 e. The number of sulfone groups is 1. The van der Waals surface area contributed by atoms with E-state index in [2.05, 4.69) is 0 Å². The SMILES string of the molecule is O=S(=O)(c1ccc(Cl)s1)C(F)F. The summed E-state index contributed by atoms with van der Waals surface area (Å²) in [5, 5.41) is 0. The maximum Gasteiger partial charge on any atom is 0.341 e. The van der Waals surface area contributed by atoms with E-state index in [1.165, 1.54) is 6.07 Å². The molecule has 0 amide bonds. The normalized spacial score (nSPS) is 12.3. The summed E-state index contributed by atoms with van der Waals surface area (Å²) >= 11 is 6.00. The Bertz CT molecular complexity index is 371. The van der Waals surface area contributed by atoms with Crippen LogP contribution in [0.4, 0.5) is 8.78 Å². The van der Waals surface area contributed by atoms with E-state index in [4.69, 9.17) is 11.6 Å². The van der Waals surface area contributed by atoms with Gasteiger partial charge in [0.1, 0.15) is 4.21 Å². The smallest absolute Gasteiger partial charge is 0.217 e. The topological polar surface area (TPSA) is 34.1 Å². The lowest BCUT2D eigenvalue weighted by atomic mass is 10.7. The summed E-state index contributed by atoms with van der Waals surface area (Å²) in [6, 6.07) is 2.33. The van der Waals surface area contributed by atoms with Gasteiger partial charge in [-0.15, -0.1) is 11.3 Å². The van der Waals surface area contributed by atoms with Crippen LogP contribution in [0.15, 0.2) is 16.3 Å². The Morgan fingerprint density at radius 1 is 1.42 bits per heavy atom. The predicted molar refractivity (Wildman–Crippen MR) is 42.5 cm³/mol. The van der Waals surface area contributed by atoms with Gasteiger partial charge in [-0.1, -0.05) is 11.6 Å². The Labute approximate surface area is 76.7 Å².